The maximum Gasteiger partial charge on any atom is 0.336 e. The molecule has 2 rings (SSSR count). The van der Waals surface area contributed by atoms with Crippen molar-refractivity contribution in [2.24, 2.45) is 0 Å². The molecule has 0 aromatic heterocycles. The van der Waals surface area contributed by atoms with Crippen LogP contribution in [0.25, 0.3) is 0 Å². The molecule has 4 heteroatoms. The lowest BCUT2D eigenvalue weighted by Crippen LogP contribution is -2.04. The average molecular weight is 200 g/mol. The number of hydrogen-bond acceptors (Lipinski definition) is 2. The van der Waals surface area contributed by atoms with Gasteiger partial charge in [0.1, 0.15) is 0 Å². The molecule has 0 saturated carbocycles. The number of carboxylic acid groups (broad SMARTS) is 1. The minimum atomic E-state index is -0.837. The Hall–Kier alpha value is -1.06. The highest BCUT2D eigenvalue weighted by atomic mass is 35.5. The first-order valence-corrected chi connectivity index (χ1v) is 3.84. The van der Waals surface area contributed by atoms with Gasteiger partial charge in [0.05, 0.1) is 5.56 Å². The maximum atomic E-state index is 10.7. The Bertz CT molecular complexity index is 338. The molecule has 3 nitrogen and oxygen atoms in total. The molecule has 0 atom stereocenters. The van der Waals surface area contributed by atoms with Crippen molar-refractivity contribution in [3.05, 3.63) is 34.9 Å². The third-order valence-corrected chi connectivity index (χ3v) is 2.12. The second-order valence-corrected chi connectivity index (χ2v) is 2.85. The van der Waals surface area contributed by atoms with Gasteiger partial charge in [0.15, 0.2) is 0 Å². The summed E-state index contributed by atoms with van der Waals surface area (Å²) >= 11 is 0. The van der Waals surface area contributed by atoms with Crippen LogP contribution < -0.4 is 5.32 Å². The molecule has 0 saturated heterocycles. The van der Waals surface area contributed by atoms with Gasteiger partial charge in [0.25, 0.3) is 0 Å². The number of rotatable bonds is 1. The van der Waals surface area contributed by atoms with Gasteiger partial charge in [0, 0.05) is 13.1 Å². The Morgan fingerprint density at radius 3 is 2.85 bits per heavy atom. The van der Waals surface area contributed by atoms with Crippen molar-refractivity contribution in [1.82, 2.24) is 5.32 Å². The Morgan fingerprint density at radius 2 is 2.15 bits per heavy atom. The van der Waals surface area contributed by atoms with Gasteiger partial charge >= 0.3 is 5.97 Å². The topological polar surface area (TPSA) is 49.3 Å². The molecule has 0 amide bonds. The molecule has 0 unspecified atom stereocenters. The molecular weight excluding hydrogens is 190 g/mol. The first kappa shape index (κ1) is 10.0. The summed E-state index contributed by atoms with van der Waals surface area (Å²) in [5.74, 6) is -0.837. The van der Waals surface area contributed by atoms with Crippen LogP contribution >= 0.6 is 12.4 Å². The van der Waals surface area contributed by atoms with Crippen LogP contribution in [-0.4, -0.2) is 11.1 Å². The highest BCUT2D eigenvalue weighted by Crippen LogP contribution is 2.19. The number of carboxylic acids is 1. The van der Waals surface area contributed by atoms with Crippen molar-refractivity contribution in [3.63, 3.8) is 0 Å². The van der Waals surface area contributed by atoms with E-state index in [4.69, 9.17) is 5.11 Å². The van der Waals surface area contributed by atoms with Gasteiger partial charge in [-0.2, -0.15) is 0 Å². The lowest BCUT2D eigenvalue weighted by Gasteiger charge is -2.01. The summed E-state index contributed by atoms with van der Waals surface area (Å²) in [6.45, 7) is 1.47. The van der Waals surface area contributed by atoms with E-state index in [9.17, 15) is 4.79 Å². The molecule has 0 bridgehead atoms. The Labute approximate surface area is 82.2 Å². The van der Waals surface area contributed by atoms with Crippen molar-refractivity contribution in [2.45, 2.75) is 13.1 Å². The summed E-state index contributed by atoms with van der Waals surface area (Å²) in [7, 11) is 0. The van der Waals surface area contributed by atoms with E-state index in [-0.39, 0.29) is 12.4 Å². The zero-order valence-corrected chi connectivity index (χ0v) is 7.73. The van der Waals surface area contributed by atoms with Crippen molar-refractivity contribution in [3.8, 4) is 0 Å². The highest BCUT2D eigenvalue weighted by molar-refractivity contribution is 5.90. The monoisotopic (exact) mass is 199 g/mol. The SMILES string of the molecule is Cl.O=C(O)c1cccc2c1CNC2. The first-order chi connectivity index (χ1) is 5.79. The van der Waals surface area contributed by atoms with E-state index in [2.05, 4.69) is 5.32 Å². The molecule has 0 radical (unpaired) electrons. The van der Waals surface area contributed by atoms with Gasteiger partial charge in [-0.15, -0.1) is 12.4 Å². The summed E-state index contributed by atoms with van der Waals surface area (Å²) < 4.78 is 0. The largest absolute Gasteiger partial charge is 0.478 e. The van der Waals surface area contributed by atoms with Crippen LogP contribution in [0.2, 0.25) is 0 Å². The van der Waals surface area contributed by atoms with Gasteiger partial charge in [0.2, 0.25) is 0 Å². The molecule has 2 N–H and O–H groups in total. The number of hydrogen-bond donors (Lipinski definition) is 2. The van der Waals surface area contributed by atoms with Crippen LogP contribution in [0.15, 0.2) is 18.2 Å². The van der Waals surface area contributed by atoms with E-state index in [1.807, 2.05) is 6.07 Å². The van der Waals surface area contributed by atoms with E-state index in [0.29, 0.717) is 12.1 Å². The van der Waals surface area contributed by atoms with Crippen LogP contribution in [0.3, 0.4) is 0 Å². The van der Waals surface area contributed by atoms with Gasteiger partial charge in [-0.25, -0.2) is 4.79 Å². The number of halogens is 1. The van der Waals surface area contributed by atoms with Crippen molar-refractivity contribution < 1.29 is 9.90 Å². The number of nitrogens with one attached hydrogen (secondary N) is 1. The van der Waals surface area contributed by atoms with E-state index in [0.717, 1.165) is 17.7 Å². The molecule has 1 heterocycles. The fourth-order valence-electron chi connectivity index (χ4n) is 1.53. The predicted octanol–water partition coefficient (Wildman–Crippen LogP) is 1.41. The van der Waals surface area contributed by atoms with Crippen molar-refractivity contribution in [1.29, 1.82) is 0 Å². The summed E-state index contributed by atoms with van der Waals surface area (Å²) in [4.78, 5) is 10.7. The maximum absolute atomic E-state index is 10.7. The van der Waals surface area contributed by atoms with Crippen LogP contribution in [0.1, 0.15) is 21.5 Å². The molecular formula is C9H10ClNO2. The van der Waals surface area contributed by atoms with E-state index < -0.39 is 5.97 Å². The second-order valence-electron chi connectivity index (χ2n) is 2.85. The lowest BCUT2D eigenvalue weighted by molar-refractivity contribution is 0.0695. The second kappa shape index (κ2) is 3.77. The summed E-state index contributed by atoms with van der Waals surface area (Å²) in [5.41, 5.74) is 2.47. The molecule has 70 valence electrons. The molecule has 1 aliphatic heterocycles. The third-order valence-electron chi connectivity index (χ3n) is 2.12. The Balaban J connectivity index is 0.000000845. The molecule has 0 fully saturated rings. The Kier molecular flexibility index (Phi) is 2.90. The molecule has 1 aromatic carbocycles. The predicted molar refractivity (Wildman–Crippen MR) is 51.2 cm³/mol. The number of aromatic carboxylic acids is 1. The zero-order valence-electron chi connectivity index (χ0n) is 6.91. The zero-order chi connectivity index (χ0) is 8.55. The quantitative estimate of drug-likeness (QED) is 0.719. The van der Waals surface area contributed by atoms with Gasteiger partial charge in [-0.05, 0) is 17.2 Å². The smallest absolute Gasteiger partial charge is 0.336 e. The van der Waals surface area contributed by atoms with E-state index in [1.165, 1.54) is 0 Å². The fraction of sp³-hybridized carbons (Fsp3) is 0.222. The van der Waals surface area contributed by atoms with Crippen LogP contribution in [-0.2, 0) is 13.1 Å². The standard InChI is InChI=1S/C9H9NO2.ClH/c11-9(12)7-3-1-2-6-4-10-5-8(6)7;/h1-3,10H,4-5H2,(H,11,12);1H. The number of benzene rings is 1. The summed E-state index contributed by atoms with van der Waals surface area (Å²) in [5, 5.41) is 11.9. The number of carbonyl (C=O) groups is 1. The summed E-state index contributed by atoms with van der Waals surface area (Å²) in [6, 6.07) is 5.39. The highest BCUT2D eigenvalue weighted by Gasteiger charge is 2.16. The van der Waals surface area contributed by atoms with Crippen LogP contribution in [0.4, 0.5) is 0 Å². The molecule has 13 heavy (non-hydrogen) atoms. The minimum absolute atomic E-state index is 0. The Morgan fingerprint density at radius 1 is 1.38 bits per heavy atom. The summed E-state index contributed by atoms with van der Waals surface area (Å²) in [6.07, 6.45) is 0. The fourth-order valence-corrected chi connectivity index (χ4v) is 1.53. The lowest BCUT2D eigenvalue weighted by atomic mass is 10.0. The van der Waals surface area contributed by atoms with Gasteiger partial charge in [-0.3, -0.25) is 0 Å². The third kappa shape index (κ3) is 1.66. The average Bonchev–Trinajstić information content (AvgIpc) is 2.49. The molecule has 1 aromatic rings. The molecule has 1 aliphatic rings. The van der Waals surface area contributed by atoms with Crippen LogP contribution in [0.5, 0.6) is 0 Å². The molecule has 0 aliphatic carbocycles. The van der Waals surface area contributed by atoms with Crippen molar-refractivity contribution in [2.75, 3.05) is 0 Å². The number of fused-ring (bicyclic) bond motifs is 1. The van der Waals surface area contributed by atoms with E-state index >= 15 is 0 Å². The van der Waals surface area contributed by atoms with Gasteiger partial charge < -0.3 is 10.4 Å². The minimum Gasteiger partial charge on any atom is -0.478 e. The first-order valence-electron chi connectivity index (χ1n) is 3.84. The van der Waals surface area contributed by atoms with Crippen LogP contribution in [0, 0.1) is 0 Å². The van der Waals surface area contributed by atoms with Gasteiger partial charge in [-0.1, -0.05) is 12.1 Å². The normalized spacial score (nSPS) is 13.2. The van der Waals surface area contributed by atoms with Crippen molar-refractivity contribution >= 4 is 18.4 Å². The molecule has 0 spiro atoms. The van der Waals surface area contributed by atoms with E-state index in [1.54, 1.807) is 12.1 Å².